The van der Waals surface area contributed by atoms with Crippen LogP contribution in [-0.2, 0) is 14.9 Å². The fourth-order valence-electron chi connectivity index (χ4n) is 2.62. The molecule has 2 rings (SSSR count). The van der Waals surface area contributed by atoms with Gasteiger partial charge in [0.2, 0.25) is 0 Å². The number of carbonyl (C=O) groups excluding carboxylic acids is 1. The van der Waals surface area contributed by atoms with Gasteiger partial charge < -0.3 is 14.4 Å². The fraction of sp³-hybridized carbons (Fsp3) is 0.529. The van der Waals surface area contributed by atoms with Gasteiger partial charge in [0.05, 0.1) is 12.6 Å². The fourth-order valence-corrected chi connectivity index (χ4v) is 2.62. The lowest BCUT2D eigenvalue weighted by Crippen LogP contribution is -2.36. The van der Waals surface area contributed by atoms with Crippen molar-refractivity contribution in [1.82, 2.24) is 4.90 Å². The molecule has 0 N–H and O–H groups in total. The summed E-state index contributed by atoms with van der Waals surface area (Å²) in [7, 11) is 3.03. The second-order valence-corrected chi connectivity index (χ2v) is 6.44. The predicted octanol–water partition coefficient (Wildman–Crippen LogP) is 2.62. The van der Waals surface area contributed by atoms with Gasteiger partial charge in [0.25, 0.3) is 5.91 Å². The van der Waals surface area contributed by atoms with Gasteiger partial charge >= 0.3 is 0 Å². The number of rotatable bonds is 4. The molecule has 1 aliphatic heterocycles. The van der Waals surface area contributed by atoms with E-state index in [-0.39, 0.29) is 17.9 Å². The number of nitriles is 1. The lowest BCUT2D eigenvalue weighted by Gasteiger charge is -2.24. The first-order valence-corrected chi connectivity index (χ1v) is 7.24. The van der Waals surface area contributed by atoms with Gasteiger partial charge in [-0.1, -0.05) is 32.9 Å². The van der Waals surface area contributed by atoms with Crippen LogP contribution in [0.1, 0.15) is 48.3 Å². The van der Waals surface area contributed by atoms with Crippen LogP contribution in [0.4, 0.5) is 0 Å². The van der Waals surface area contributed by atoms with Gasteiger partial charge in [-0.3, -0.25) is 4.79 Å². The van der Waals surface area contributed by atoms with E-state index in [0.717, 1.165) is 11.1 Å². The van der Waals surface area contributed by atoms with Crippen molar-refractivity contribution in [2.75, 3.05) is 20.8 Å². The Morgan fingerprint density at radius 3 is 2.45 bits per heavy atom. The van der Waals surface area contributed by atoms with Crippen molar-refractivity contribution in [3.63, 3.8) is 0 Å². The van der Waals surface area contributed by atoms with Crippen molar-refractivity contribution in [2.45, 2.75) is 38.5 Å². The molecule has 1 aliphatic rings. The molecular formula is C17H22N2O3. The van der Waals surface area contributed by atoms with Crippen molar-refractivity contribution in [2.24, 2.45) is 0 Å². The number of methoxy groups -OCH3 is 2. The summed E-state index contributed by atoms with van der Waals surface area (Å²) in [5, 5.41) is 9.53. The molecule has 0 radical (unpaired) electrons. The quantitative estimate of drug-likeness (QED) is 0.802. The van der Waals surface area contributed by atoms with E-state index in [1.165, 1.54) is 19.1 Å². The number of amides is 1. The molecule has 1 aromatic rings. The average molecular weight is 302 g/mol. The Labute approximate surface area is 131 Å². The summed E-state index contributed by atoms with van der Waals surface area (Å²) in [5.41, 5.74) is 2.43. The summed E-state index contributed by atoms with van der Waals surface area (Å²) in [6, 6.07) is 7.37. The normalized spacial score (nSPS) is 17.8. The molecule has 22 heavy (non-hydrogen) atoms. The van der Waals surface area contributed by atoms with Crippen LogP contribution >= 0.6 is 0 Å². The SMILES string of the molecule is COC(CN1C(=O)c2ccc(C(C)(C)C)cc2C1C#N)OC. The number of fused-ring (bicyclic) bond motifs is 1. The Kier molecular flexibility index (Phi) is 4.55. The Bertz CT molecular complexity index is 609. The molecule has 0 bridgehead atoms. The van der Waals surface area contributed by atoms with Crippen LogP contribution in [0, 0.1) is 11.3 Å². The van der Waals surface area contributed by atoms with Crippen LogP contribution in [0.3, 0.4) is 0 Å². The highest BCUT2D eigenvalue weighted by Gasteiger charge is 2.38. The van der Waals surface area contributed by atoms with Crippen LogP contribution < -0.4 is 0 Å². The van der Waals surface area contributed by atoms with Crippen LogP contribution in [0.5, 0.6) is 0 Å². The molecule has 0 fully saturated rings. The van der Waals surface area contributed by atoms with Crippen LogP contribution in [0.2, 0.25) is 0 Å². The lowest BCUT2D eigenvalue weighted by atomic mass is 9.85. The van der Waals surface area contributed by atoms with Crippen molar-refractivity contribution in [3.8, 4) is 6.07 Å². The van der Waals surface area contributed by atoms with E-state index in [4.69, 9.17) is 9.47 Å². The third kappa shape index (κ3) is 2.85. The largest absolute Gasteiger partial charge is 0.354 e. The number of hydrogen-bond acceptors (Lipinski definition) is 4. The molecule has 5 nitrogen and oxygen atoms in total. The molecule has 1 amide bonds. The summed E-state index contributed by atoms with van der Waals surface area (Å²) < 4.78 is 10.3. The van der Waals surface area contributed by atoms with Crippen molar-refractivity contribution in [3.05, 3.63) is 34.9 Å². The Morgan fingerprint density at radius 1 is 1.32 bits per heavy atom. The second-order valence-electron chi connectivity index (χ2n) is 6.44. The zero-order valence-electron chi connectivity index (χ0n) is 13.7. The third-order valence-corrected chi connectivity index (χ3v) is 4.01. The predicted molar refractivity (Wildman–Crippen MR) is 82.3 cm³/mol. The van der Waals surface area contributed by atoms with E-state index >= 15 is 0 Å². The van der Waals surface area contributed by atoms with Crippen molar-refractivity contribution >= 4 is 5.91 Å². The van der Waals surface area contributed by atoms with Gasteiger partial charge in [-0.2, -0.15) is 5.26 Å². The molecule has 1 heterocycles. The average Bonchev–Trinajstić information content (AvgIpc) is 2.75. The van der Waals surface area contributed by atoms with E-state index < -0.39 is 12.3 Å². The molecule has 5 heteroatoms. The molecule has 1 aromatic carbocycles. The minimum Gasteiger partial charge on any atom is -0.354 e. The minimum absolute atomic E-state index is 0.0346. The summed E-state index contributed by atoms with van der Waals surface area (Å²) in [6.07, 6.45) is -0.545. The molecule has 0 saturated heterocycles. The van der Waals surface area contributed by atoms with Crippen LogP contribution in [0.15, 0.2) is 18.2 Å². The number of nitrogens with zero attached hydrogens (tertiary/aromatic N) is 2. The first-order chi connectivity index (χ1) is 10.3. The molecule has 1 unspecified atom stereocenters. The minimum atomic E-state index is -0.599. The molecule has 0 saturated carbocycles. The standard InChI is InChI=1S/C17H22N2O3/c1-17(2,3)11-6-7-12-13(8-11)14(9-18)19(16(12)20)10-15(21-4)22-5/h6-8,14-15H,10H2,1-5H3. The van der Waals surface area contributed by atoms with Crippen molar-refractivity contribution < 1.29 is 14.3 Å². The number of carbonyl (C=O) groups is 1. The highest BCUT2D eigenvalue weighted by molar-refractivity contribution is 5.99. The van der Waals surface area contributed by atoms with Gasteiger partial charge in [-0.25, -0.2) is 0 Å². The Morgan fingerprint density at radius 2 is 1.95 bits per heavy atom. The third-order valence-electron chi connectivity index (χ3n) is 4.01. The molecule has 0 aliphatic carbocycles. The highest BCUT2D eigenvalue weighted by atomic mass is 16.7. The monoisotopic (exact) mass is 302 g/mol. The van der Waals surface area contributed by atoms with Gasteiger partial charge in [0.15, 0.2) is 6.29 Å². The smallest absolute Gasteiger partial charge is 0.255 e. The van der Waals surface area contributed by atoms with E-state index in [1.807, 2.05) is 18.2 Å². The van der Waals surface area contributed by atoms with Crippen molar-refractivity contribution in [1.29, 1.82) is 5.26 Å². The molecule has 1 atom stereocenters. The van der Waals surface area contributed by atoms with E-state index in [9.17, 15) is 10.1 Å². The zero-order valence-corrected chi connectivity index (χ0v) is 13.7. The first kappa shape index (κ1) is 16.5. The highest BCUT2D eigenvalue weighted by Crippen LogP contribution is 2.36. The zero-order chi connectivity index (χ0) is 16.5. The topological polar surface area (TPSA) is 62.6 Å². The lowest BCUT2D eigenvalue weighted by molar-refractivity contribution is -0.113. The second kappa shape index (κ2) is 6.07. The molecule has 0 aromatic heterocycles. The summed E-state index contributed by atoms with van der Waals surface area (Å²) in [4.78, 5) is 14.1. The van der Waals surface area contributed by atoms with Crippen LogP contribution in [-0.4, -0.2) is 37.9 Å². The number of hydrogen-bond donors (Lipinski definition) is 0. The number of benzene rings is 1. The van der Waals surface area contributed by atoms with Crippen LogP contribution in [0.25, 0.3) is 0 Å². The maximum Gasteiger partial charge on any atom is 0.255 e. The van der Waals surface area contributed by atoms with Gasteiger partial charge in [-0.15, -0.1) is 0 Å². The number of ether oxygens (including phenoxy) is 2. The van der Waals surface area contributed by atoms with Gasteiger partial charge in [-0.05, 0) is 17.0 Å². The maximum absolute atomic E-state index is 12.6. The van der Waals surface area contributed by atoms with E-state index in [1.54, 1.807) is 0 Å². The van der Waals surface area contributed by atoms with Gasteiger partial charge in [0.1, 0.15) is 6.04 Å². The molecular weight excluding hydrogens is 280 g/mol. The maximum atomic E-state index is 12.6. The summed E-state index contributed by atoms with van der Waals surface area (Å²) >= 11 is 0. The van der Waals surface area contributed by atoms with E-state index in [2.05, 4.69) is 26.8 Å². The molecule has 0 spiro atoms. The summed E-state index contributed by atoms with van der Waals surface area (Å²) in [6.45, 7) is 6.55. The Balaban J connectivity index is 2.40. The molecule has 118 valence electrons. The van der Waals surface area contributed by atoms with Gasteiger partial charge in [0, 0.05) is 25.3 Å². The Hall–Kier alpha value is -1.90. The first-order valence-electron chi connectivity index (χ1n) is 7.24. The summed E-state index contributed by atoms with van der Waals surface area (Å²) in [5.74, 6) is -0.152. The van der Waals surface area contributed by atoms with E-state index in [0.29, 0.717) is 5.56 Å².